The number of benzene rings is 7. The molecule has 2 aliphatic rings. The first-order valence-electron chi connectivity index (χ1n) is 28.0. The largest absolute Gasteiger partial charge is 0.497 e. The van der Waals surface area contributed by atoms with Gasteiger partial charge in [-0.05, 0) is 60.7 Å². The fraction of sp³-hybridized carbons (Fsp3) is 0.194. The Morgan fingerprint density at radius 1 is 0.705 bits per heavy atom. The zero-order valence-corrected chi connectivity index (χ0v) is 50.7. The smallest absolute Gasteiger partial charge is 0.413 e. The van der Waals surface area contributed by atoms with E-state index in [1.54, 1.807) is 45.0 Å². The van der Waals surface area contributed by atoms with Gasteiger partial charge in [-0.25, -0.2) is 23.0 Å². The number of aromatic amines is 1. The molecule has 9 aromatic rings. The molecule has 2 atom stereocenters. The van der Waals surface area contributed by atoms with Crippen LogP contribution < -0.4 is 15.4 Å². The molecule has 11 rings (SSSR count). The molecular formula is C67H60N8O10S3. The Morgan fingerprint density at radius 3 is 1.72 bits per heavy atom. The number of hydrogen-bond donors (Lipinski definition) is 3. The molecule has 446 valence electrons. The van der Waals surface area contributed by atoms with Crippen molar-refractivity contribution in [2.45, 2.75) is 61.2 Å². The molecule has 1 unspecified atom stereocenters. The van der Waals surface area contributed by atoms with Crippen LogP contribution in [0.1, 0.15) is 76.8 Å². The van der Waals surface area contributed by atoms with Crippen molar-refractivity contribution in [1.82, 2.24) is 30.6 Å². The van der Waals surface area contributed by atoms with Crippen LogP contribution in [0.3, 0.4) is 0 Å². The second-order valence-electron chi connectivity index (χ2n) is 21.7. The second-order valence-corrected chi connectivity index (χ2v) is 25.8. The molecule has 0 radical (unpaired) electrons. The molecule has 3 N–H and O–H groups in total. The number of carbonyl (C=O) groups is 4. The Hall–Kier alpha value is -9.70. The maximum absolute atomic E-state index is 15.2. The Bertz CT molecular complexity index is 3940. The van der Waals surface area contributed by atoms with Crippen molar-refractivity contribution >= 4 is 67.7 Å². The number of fused-ring (bicyclic) bond motifs is 1. The van der Waals surface area contributed by atoms with Gasteiger partial charge < -0.3 is 24.4 Å². The van der Waals surface area contributed by atoms with Gasteiger partial charge in [0.05, 0.1) is 29.7 Å². The molecule has 2 aliphatic heterocycles. The molecule has 0 saturated carbocycles. The van der Waals surface area contributed by atoms with Crippen molar-refractivity contribution in [2.24, 2.45) is 5.16 Å². The molecule has 3 amide bonds. The van der Waals surface area contributed by atoms with Gasteiger partial charge in [0, 0.05) is 27.8 Å². The number of oxime groups is 1. The predicted octanol–water partition coefficient (Wildman–Crippen LogP) is 10.7. The maximum atomic E-state index is 15.2. The molecule has 1 fully saturated rings. The van der Waals surface area contributed by atoms with E-state index in [9.17, 15) is 22.8 Å². The summed E-state index contributed by atoms with van der Waals surface area (Å²) in [5.74, 6) is -3.34. The monoisotopic (exact) mass is 1230 g/mol. The van der Waals surface area contributed by atoms with Crippen molar-refractivity contribution in [3.05, 3.63) is 279 Å². The minimum absolute atomic E-state index is 0.0180. The minimum Gasteiger partial charge on any atom is -0.497 e. The average Bonchev–Trinajstić information content (AvgIpc) is 1.30. The van der Waals surface area contributed by atoms with Gasteiger partial charge in [-0.15, -0.1) is 28.2 Å². The number of esters is 1. The van der Waals surface area contributed by atoms with Crippen LogP contribution in [-0.2, 0) is 61.9 Å². The van der Waals surface area contributed by atoms with Crippen LogP contribution in [0.25, 0.3) is 0 Å². The Morgan fingerprint density at radius 2 is 1.22 bits per heavy atom. The van der Waals surface area contributed by atoms with Gasteiger partial charge in [0.15, 0.2) is 20.7 Å². The molecule has 0 spiro atoms. The van der Waals surface area contributed by atoms with Crippen molar-refractivity contribution in [2.75, 3.05) is 23.9 Å². The molecule has 21 heteroatoms. The van der Waals surface area contributed by atoms with E-state index in [-0.39, 0.29) is 45.9 Å². The van der Waals surface area contributed by atoms with Crippen LogP contribution in [0.4, 0.5) is 9.93 Å². The number of carbonyl (C=O) groups excluding carboxylic acids is 4. The lowest BCUT2D eigenvalue weighted by atomic mass is 9.67. The highest BCUT2D eigenvalue weighted by atomic mass is 32.2. The molecule has 4 heterocycles. The standard InChI is InChI=1S/C67H60N8O10S3/c1-65(2,3)84-64(79)70-63-68-53(41-87-63)55(73-85-67(49-29-17-8-18-30-49,50-31-19-9-20-32-50)51-33-21-10-22-34-51)59(76)69-56-60(77)75-57(62(78)83-39-44-35-37-52(82-4)38-36-44)45(40-86-61(56)75)42-88(80,81)43-54-58(72-74-71-54)66(46-23-11-5-12-24-46,47-25-13-6-14-26-47)48-27-15-7-16-28-48/h5-38,41,56,61H,39-40,42-43H2,1-4H3,(H,69,76)(H,68,70,79)(H,71,72,74)/b73-55-/t56?,61-/m1/s1. The molecule has 0 bridgehead atoms. The summed E-state index contributed by atoms with van der Waals surface area (Å²) in [6.45, 7) is 4.92. The number of aromatic nitrogens is 4. The fourth-order valence-electron chi connectivity index (χ4n) is 10.9. The molecule has 18 nitrogen and oxygen atoms in total. The Labute approximate surface area is 516 Å². The number of methoxy groups -OCH3 is 1. The summed E-state index contributed by atoms with van der Waals surface area (Å²) >= 11 is 2.16. The number of β-lactam (4-membered cyclic amide) rings is 1. The number of nitrogens with zero attached hydrogens (tertiary/aromatic N) is 5. The first-order valence-corrected chi connectivity index (χ1v) is 31.8. The van der Waals surface area contributed by atoms with Gasteiger partial charge >= 0.3 is 12.1 Å². The maximum Gasteiger partial charge on any atom is 0.413 e. The normalized spacial score (nSPS) is 15.3. The number of hydrogen-bond acceptors (Lipinski definition) is 16. The van der Waals surface area contributed by atoms with Crippen LogP contribution in [0.2, 0.25) is 0 Å². The third-order valence-corrected chi connectivity index (χ3v) is 18.4. The van der Waals surface area contributed by atoms with Crippen LogP contribution >= 0.6 is 23.1 Å². The van der Waals surface area contributed by atoms with E-state index in [1.165, 1.54) is 17.4 Å². The molecular weight excluding hydrogens is 1170 g/mol. The van der Waals surface area contributed by atoms with E-state index >= 15 is 4.79 Å². The summed E-state index contributed by atoms with van der Waals surface area (Å²) in [5.41, 5.74) is 1.70. The van der Waals surface area contributed by atoms with Crippen molar-refractivity contribution in [3.63, 3.8) is 0 Å². The number of sulfone groups is 1. The van der Waals surface area contributed by atoms with Crippen LogP contribution in [-0.4, -0.2) is 98.9 Å². The SMILES string of the molecule is COc1ccc(COC(=O)C2=C(CS(=O)(=O)Cc3nn[nH]c3C(c3ccccc3)(c3ccccc3)c3ccccc3)CS[C@@H]3C(NC(=O)/C(=N\OC(c4ccccc4)(c4ccccc4)c4ccccc4)c4csc(NC(=O)OC(C)(C)C)n4)C(=O)N23)cc1. The van der Waals surface area contributed by atoms with Crippen LogP contribution in [0.15, 0.2) is 228 Å². The zero-order chi connectivity index (χ0) is 61.5. The molecule has 88 heavy (non-hydrogen) atoms. The van der Waals surface area contributed by atoms with Gasteiger partial charge in [0.2, 0.25) is 5.60 Å². The Kier molecular flexibility index (Phi) is 17.5. The summed E-state index contributed by atoms with van der Waals surface area (Å²) in [6, 6.07) is 62.7. The number of H-pyrrole nitrogens is 1. The molecule has 7 aromatic carbocycles. The van der Waals surface area contributed by atoms with E-state index in [0.717, 1.165) is 39.8 Å². The van der Waals surface area contributed by atoms with E-state index in [0.29, 0.717) is 33.7 Å². The first kappa shape index (κ1) is 60.0. The molecule has 2 aromatic heterocycles. The zero-order valence-electron chi connectivity index (χ0n) is 48.2. The minimum atomic E-state index is -4.27. The number of ether oxygens (including phenoxy) is 3. The van der Waals surface area contributed by atoms with Crippen molar-refractivity contribution < 1.29 is 46.6 Å². The number of rotatable bonds is 21. The number of amides is 3. The van der Waals surface area contributed by atoms with Crippen LogP contribution in [0.5, 0.6) is 5.75 Å². The summed E-state index contributed by atoms with van der Waals surface area (Å²) in [7, 11) is -2.74. The lowest BCUT2D eigenvalue weighted by Crippen LogP contribution is -2.71. The quantitative estimate of drug-likeness (QED) is 0.0200. The van der Waals surface area contributed by atoms with Gasteiger partial charge in [-0.3, -0.25) is 24.9 Å². The molecule has 1 saturated heterocycles. The third kappa shape index (κ3) is 12.5. The number of thioether (sulfide) groups is 1. The number of nitrogens with one attached hydrogen (secondary N) is 3. The number of thiazole rings is 1. The summed E-state index contributed by atoms with van der Waals surface area (Å²) < 4.78 is 46.7. The summed E-state index contributed by atoms with van der Waals surface area (Å²) in [6.07, 6.45) is -0.782. The van der Waals surface area contributed by atoms with E-state index in [2.05, 4.69) is 36.2 Å². The predicted molar refractivity (Wildman–Crippen MR) is 336 cm³/mol. The average molecular weight is 1230 g/mol. The van der Waals surface area contributed by atoms with Gasteiger partial charge in [0.25, 0.3) is 11.8 Å². The van der Waals surface area contributed by atoms with E-state index in [4.69, 9.17) is 19.0 Å². The lowest BCUT2D eigenvalue weighted by Gasteiger charge is -2.49. The van der Waals surface area contributed by atoms with Crippen molar-refractivity contribution in [3.8, 4) is 5.75 Å². The Balaban J connectivity index is 0.939. The highest BCUT2D eigenvalue weighted by Gasteiger charge is 2.55. The summed E-state index contributed by atoms with van der Waals surface area (Å²) in [4.78, 5) is 70.3. The van der Waals surface area contributed by atoms with Gasteiger partial charge in [0.1, 0.15) is 46.5 Å². The second kappa shape index (κ2) is 25.7. The lowest BCUT2D eigenvalue weighted by molar-refractivity contribution is -0.153. The highest BCUT2D eigenvalue weighted by molar-refractivity contribution is 8.00. The van der Waals surface area contributed by atoms with Crippen LogP contribution in [0, 0.1) is 0 Å². The van der Waals surface area contributed by atoms with Gasteiger partial charge in [-0.2, -0.15) is 0 Å². The molecule has 0 aliphatic carbocycles. The van der Waals surface area contributed by atoms with Gasteiger partial charge in [-0.1, -0.05) is 204 Å². The van der Waals surface area contributed by atoms with E-state index in [1.807, 2.05) is 182 Å². The highest BCUT2D eigenvalue weighted by Crippen LogP contribution is 2.47. The summed E-state index contributed by atoms with van der Waals surface area (Å²) in [5, 5.41) is 22.5. The first-order chi connectivity index (χ1) is 42.6. The van der Waals surface area contributed by atoms with Crippen molar-refractivity contribution in [1.29, 1.82) is 0 Å². The fourth-order valence-corrected chi connectivity index (χ4v) is 14.6. The number of anilines is 1. The third-order valence-electron chi connectivity index (χ3n) is 14.8. The topological polar surface area (TPSA) is 233 Å². The van der Waals surface area contributed by atoms with E-state index < -0.39 is 73.3 Å².